The maximum absolute atomic E-state index is 12.2. The Kier molecular flexibility index (Phi) is 11.1. The fourth-order valence-corrected chi connectivity index (χ4v) is 3.26. The molecular formula is C26H35FN4O2. The van der Waals surface area contributed by atoms with Crippen molar-refractivity contribution in [1.29, 1.82) is 0 Å². The van der Waals surface area contributed by atoms with Crippen LogP contribution in [0.25, 0.3) is 5.69 Å². The third-order valence-corrected chi connectivity index (χ3v) is 5.45. The van der Waals surface area contributed by atoms with Gasteiger partial charge in [0.2, 0.25) is 0 Å². The number of halogens is 1. The molecule has 3 aromatic rings. The number of aldehydes is 1. The van der Waals surface area contributed by atoms with Crippen molar-refractivity contribution in [1.82, 2.24) is 14.7 Å². The second kappa shape index (κ2) is 14.1. The van der Waals surface area contributed by atoms with Crippen molar-refractivity contribution in [2.24, 2.45) is 0 Å². The molecule has 1 N–H and O–H groups in total. The number of anilines is 1. The van der Waals surface area contributed by atoms with Gasteiger partial charge in [-0.25, -0.2) is 9.07 Å². The van der Waals surface area contributed by atoms with Crippen molar-refractivity contribution in [2.75, 3.05) is 32.1 Å². The number of rotatable bonds is 11. The van der Waals surface area contributed by atoms with Crippen LogP contribution in [0.1, 0.15) is 44.0 Å². The standard InChI is InChI=1S/C19H27N3O2.C7H8FN/c1-4-16(3)21(5-2)11-6-12-24-19-9-7-18(8-10-19)22-14-17(15-23)13-20-22;1-9-7-4-2-6(8)3-5-7/h7-10,13-16H,4-6,11-12H2,1-3H3;2-5,9H,1H3. The minimum atomic E-state index is -0.200. The highest BCUT2D eigenvalue weighted by molar-refractivity contribution is 5.73. The molecule has 3 rings (SSSR count). The van der Waals surface area contributed by atoms with E-state index < -0.39 is 0 Å². The van der Waals surface area contributed by atoms with Gasteiger partial charge in [-0.05, 0) is 74.8 Å². The molecule has 0 amide bonds. The largest absolute Gasteiger partial charge is 0.494 e. The number of nitrogens with one attached hydrogen (secondary N) is 1. The van der Waals surface area contributed by atoms with Crippen LogP contribution < -0.4 is 10.1 Å². The Bertz CT molecular complexity index is 942. The lowest BCUT2D eigenvalue weighted by atomic mass is 10.2. The van der Waals surface area contributed by atoms with E-state index >= 15 is 0 Å². The summed E-state index contributed by atoms with van der Waals surface area (Å²) in [5.41, 5.74) is 2.40. The van der Waals surface area contributed by atoms with Gasteiger partial charge in [0.25, 0.3) is 0 Å². The zero-order valence-corrected chi connectivity index (χ0v) is 20.0. The van der Waals surface area contributed by atoms with Crippen LogP contribution in [-0.4, -0.2) is 53.8 Å². The molecule has 0 aliphatic heterocycles. The molecule has 1 unspecified atom stereocenters. The summed E-state index contributed by atoms with van der Waals surface area (Å²) in [7, 11) is 1.80. The van der Waals surface area contributed by atoms with E-state index in [1.54, 1.807) is 36.3 Å². The minimum Gasteiger partial charge on any atom is -0.494 e. The summed E-state index contributed by atoms with van der Waals surface area (Å²) in [6.45, 7) is 9.56. The van der Waals surface area contributed by atoms with Crippen LogP contribution in [0.4, 0.5) is 10.1 Å². The fraction of sp³-hybridized carbons (Fsp3) is 0.385. The van der Waals surface area contributed by atoms with Crippen LogP contribution in [0.3, 0.4) is 0 Å². The van der Waals surface area contributed by atoms with Gasteiger partial charge in [0.1, 0.15) is 11.6 Å². The van der Waals surface area contributed by atoms with Gasteiger partial charge in [0.05, 0.1) is 24.1 Å². The zero-order chi connectivity index (χ0) is 24.1. The van der Waals surface area contributed by atoms with Crippen molar-refractivity contribution in [3.63, 3.8) is 0 Å². The second-order valence-electron chi connectivity index (χ2n) is 7.67. The predicted octanol–water partition coefficient (Wildman–Crippen LogP) is 5.44. The molecular weight excluding hydrogens is 419 g/mol. The number of hydrogen-bond donors (Lipinski definition) is 1. The van der Waals surface area contributed by atoms with Crippen molar-refractivity contribution in [2.45, 2.75) is 39.7 Å². The summed E-state index contributed by atoms with van der Waals surface area (Å²) in [6, 6.07) is 14.6. The molecule has 33 heavy (non-hydrogen) atoms. The van der Waals surface area contributed by atoms with Gasteiger partial charge in [-0.3, -0.25) is 4.79 Å². The maximum Gasteiger partial charge on any atom is 0.153 e. The number of hydrogen-bond acceptors (Lipinski definition) is 5. The molecule has 178 valence electrons. The number of benzene rings is 2. The lowest BCUT2D eigenvalue weighted by Gasteiger charge is -2.26. The zero-order valence-electron chi connectivity index (χ0n) is 20.0. The highest BCUT2D eigenvalue weighted by atomic mass is 19.1. The van der Waals surface area contributed by atoms with Gasteiger partial charge in [-0.1, -0.05) is 13.8 Å². The first kappa shape index (κ1) is 26.1. The summed E-state index contributed by atoms with van der Waals surface area (Å²) in [4.78, 5) is 13.2. The smallest absolute Gasteiger partial charge is 0.153 e. The van der Waals surface area contributed by atoms with Gasteiger partial charge in [0, 0.05) is 31.5 Å². The number of carbonyl (C=O) groups is 1. The summed E-state index contributed by atoms with van der Waals surface area (Å²) in [5, 5.41) is 7.04. The normalized spacial score (nSPS) is 11.5. The lowest BCUT2D eigenvalue weighted by Crippen LogP contribution is -2.33. The van der Waals surface area contributed by atoms with Gasteiger partial charge in [0.15, 0.2) is 6.29 Å². The number of nitrogens with zero attached hydrogens (tertiary/aromatic N) is 3. The van der Waals surface area contributed by atoms with Crippen molar-refractivity contribution in [3.05, 3.63) is 72.3 Å². The van der Waals surface area contributed by atoms with Gasteiger partial charge < -0.3 is 15.0 Å². The van der Waals surface area contributed by atoms with Crippen LogP contribution in [0.2, 0.25) is 0 Å². The third kappa shape index (κ3) is 8.69. The van der Waals surface area contributed by atoms with Crippen LogP contribution in [0.5, 0.6) is 5.75 Å². The van der Waals surface area contributed by atoms with E-state index in [-0.39, 0.29) is 5.82 Å². The Morgan fingerprint density at radius 2 is 1.85 bits per heavy atom. The van der Waals surface area contributed by atoms with Crippen molar-refractivity contribution in [3.8, 4) is 11.4 Å². The second-order valence-corrected chi connectivity index (χ2v) is 7.67. The quantitative estimate of drug-likeness (QED) is 0.309. The Labute approximate surface area is 196 Å². The molecule has 1 aromatic heterocycles. The molecule has 0 fully saturated rings. The van der Waals surface area contributed by atoms with E-state index in [4.69, 9.17) is 4.74 Å². The Balaban J connectivity index is 0.000000357. The van der Waals surface area contributed by atoms with E-state index in [1.165, 1.54) is 18.6 Å². The summed E-state index contributed by atoms with van der Waals surface area (Å²) in [5.74, 6) is 0.655. The van der Waals surface area contributed by atoms with E-state index in [0.29, 0.717) is 18.2 Å². The maximum atomic E-state index is 12.2. The molecule has 7 heteroatoms. The Hall–Kier alpha value is -3.19. The topological polar surface area (TPSA) is 59.4 Å². The lowest BCUT2D eigenvalue weighted by molar-refractivity contribution is 0.112. The SMILES string of the molecule is CCC(C)N(CC)CCCOc1ccc(-n2cc(C=O)cn2)cc1.CNc1ccc(F)cc1. The molecule has 0 aliphatic carbocycles. The molecule has 0 aliphatic rings. The highest BCUT2D eigenvalue weighted by Gasteiger charge is 2.09. The molecule has 6 nitrogen and oxygen atoms in total. The third-order valence-electron chi connectivity index (χ3n) is 5.45. The van der Waals surface area contributed by atoms with E-state index in [9.17, 15) is 9.18 Å². The summed E-state index contributed by atoms with van der Waals surface area (Å²) >= 11 is 0. The van der Waals surface area contributed by atoms with Crippen LogP contribution in [0, 0.1) is 5.82 Å². The molecule has 0 bridgehead atoms. The molecule has 0 saturated heterocycles. The molecule has 2 aromatic carbocycles. The van der Waals surface area contributed by atoms with E-state index in [2.05, 4.69) is 36.1 Å². The van der Waals surface area contributed by atoms with Crippen molar-refractivity contribution < 1.29 is 13.9 Å². The molecule has 0 spiro atoms. The highest BCUT2D eigenvalue weighted by Crippen LogP contribution is 2.15. The monoisotopic (exact) mass is 454 g/mol. The first-order valence-electron chi connectivity index (χ1n) is 11.4. The van der Waals surface area contributed by atoms with Gasteiger partial charge in [-0.15, -0.1) is 0 Å². The number of ether oxygens (including phenoxy) is 1. The molecule has 1 heterocycles. The van der Waals surface area contributed by atoms with Gasteiger partial charge in [-0.2, -0.15) is 5.10 Å². The minimum absolute atomic E-state index is 0.200. The molecule has 0 radical (unpaired) electrons. The average Bonchev–Trinajstić information content (AvgIpc) is 3.34. The number of carbonyl (C=O) groups excluding carboxylic acids is 1. The van der Waals surface area contributed by atoms with Crippen LogP contribution >= 0.6 is 0 Å². The van der Waals surface area contributed by atoms with Crippen molar-refractivity contribution >= 4 is 12.0 Å². The van der Waals surface area contributed by atoms with Crippen LogP contribution in [0.15, 0.2) is 60.9 Å². The van der Waals surface area contributed by atoms with Crippen LogP contribution in [-0.2, 0) is 0 Å². The average molecular weight is 455 g/mol. The van der Waals surface area contributed by atoms with E-state index in [0.717, 1.165) is 42.9 Å². The van der Waals surface area contributed by atoms with Gasteiger partial charge >= 0.3 is 0 Å². The Morgan fingerprint density at radius 3 is 2.39 bits per heavy atom. The van der Waals surface area contributed by atoms with E-state index in [1.807, 2.05) is 24.3 Å². The molecule has 0 saturated carbocycles. The predicted molar refractivity (Wildman–Crippen MR) is 132 cm³/mol. The fourth-order valence-electron chi connectivity index (χ4n) is 3.26. The first-order valence-corrected chi connectivity index (χ1v) is 11.4. The molecule has 1 atom stereocenters. The Morgan fingerprint density at radius 1 is 1.15 bits per heavy atom. The number of aromatic nitrogens is 2. The summed E-state index contributed by atoms with van der Waals surface area (Å²) < 4.78 is 19.7. The summed E-state index contributed by atoms with van der Waals surface area (Å²) in [6.07, 6.45) is 6.24. The first-order chi connectivity index (χ1) is 16.0.